The smallest absolute Gasteiger partial charge is 0.221 e. The number of benzene rings is 1. The molecule has 1 amide bonds. The van der Waals surface area contributed by atoms with Crippen LogP contribution in [0.25, 0.3) is 10.2 Å². The van der Waals surface area contributed by atoms with E-state index in [-0.39, 0.29) is 18.6 Å². The molecule has 1 aromatic heterocycles. The minimum absolute atomic E-state index is 0.0824. The van der Waals surface area contributed by atoms with Crippen LogP contribution in [-0.4, -0.2) is 34.4 Å². The van der Waals surface area contributed by atoms with Gasteiger partial charge in [0.1, 0.15) is 0 Å². The number of thioether (sulfide) groups is 1. The average molecular weight is 336 g/mol. The molecule has 0 saturated heterocycles. The molecule has 1 unspecified atom stereocenters. The topological polar surface area (TPSA) is 62.2 Å². The van der Waals surface area contributed by atoms with Crippen LogP contribution in [0.3, 0.4) is 0 Å². The van der Waals surface area contributed by atoms with E-state index in [0.29, 0.717) is 18.8 Å². The van der Waals surface area contributed by atoms with Crippen molar-refractivity contribution in [1.29, 1.82) is 0 Å². The van der Waals surface area contributed by atoms with Crippen molar-refractivity contribution in [3.05, 3.63) is 24.3 Å². The van der Waals surface area contributed by atoms with Gasteiger partial charge in [-0.15, -0.1) is 11.3 Å². The third kappa shape index (κ3) is 4.21. The number of aliphatic hydroxyl groups excluding tert-OH is 1. The Morgan fingerprint density at radius 3 is 3.00 bits per heavy atom. The maximum absolute atomic E-state index is 12.0. The van der Waals surface area contributed by atoms with Gasteiger partial charge in [0.2, 0.25) is 5.91 Å². The Bertz CT molecular complexity index is 607. The molecule has 0 spiro atoms. The molecule has 1 aromatic carbocycles. The summed E-state index contributed by atoms with van der Waals surface area (Å²) in [5.74, 6) is 1.40. The molecule has 1 atom stereocenters. The highest BCUT2D eigenvalue weighted by Crippen LogP contribution is 2.34. The minimum Gasteiger partial charge on any atom is -0.396 e. The number of hydrogen-bond acceptors (Lipinski definition) is 5. The highest BCUT2D eigenvalue weighted by Gasteiger charge is 2.31. The first-order valence-electron chi connectivity index (χ1n) is 7.65. The Kier molecular flexibility index (Phi) is 5.33. The van der Waals surface area contributed by atoms with E-state index in [0.717, 1.165) is 15.6 Å². The lowest BCUT2D eigenvalue weighted by atomic mass is 10.1. The molecule has 0 radical (unpaired) electrons. The number of carbonyl (C=O) groups is 1. The lowest BCUT2D eigenvalue weighted by Crippen LogP contribution is -2.37. The second-order valence-electron chi connectivity index (χ2n) is 5.57. The zero-order valence-electron chi connectivity index (χ0n) is 12.3. The Morgan fingerprint density at radius 1 is 1.45 bits per heavy atom. The number of thiazole rings is 1. The van der Waals surface area contributed by atoms with Gasteiger partial charge in [-0.2, -0.15) is 0 Å². The molecule has 1 saturated carbocycles. The molecular weight excluding hydrogens is 316 g/mol. The molecule has 1 heterocycles. The van der Waals surface area contributed by atoms with Crippen LogP contribution < -0.4 is 5.32 Å². The number of para-hydroxylation sites is 1. The molecule has 118 valence electrons. The van der Waals surface area contributed by atoms with Crippen LogP contribution in [0, 0.1) is 5.92 Å². The van der Waals surface area contributed by atoms with Crippen molar-refractivity contribution in [3.8, 4) is 0 Å². The summed E-state index contributed by atoms with van der Waals surface area (Å²) < 4.78 is 2.20. The lowest BCUT2D eigenvalue weighted by Gasteiger charge is -2.16. The normalized spacial score (nSPS) is 15.9. The number of amides is 1. The van der Waals surface area contributed by atoms with Crippen molar-refractivity contribution >= 4 is 39.2 Å². The first kappa shape index (κ1) is 15.8. The van der Waals surface area contributed by atoms with Gasteiger partial charge in [-0.3, -0.25) is 4.79 Å². The van der Waals surface area contributed by atoms with Crippen molar-refractivity contribution in [2.24, 2.45) is 5.92 Å². The zero-order chi connectivity index (χ0) is 15.4. The van der Waals surface area contributed by atoms with E-state index in [9.17, 15) is 4.79 Å². The summed E-state index contributed by atoms with van der Waals surface area (Å²) in [6.45, 7) is 0.141. The van der Waals surface area contributed by atoms with Crippen LogP contribution in [0.15, 0.2) is 28.6 Å². The van der Waals surface area contributed by atoms with Gasteiger partial charge in [-0.25, -0.2) is 4.98 Å². The molecular formula is C16H20N2O2S2. The number of nitrogens with zero attached hydrogens (tertiary/aromatic N) is 1. The van der Waals surface area contributed by atoms with Gasteiger partial charge in [0.25, 0.3) is 0 Å². The van der Waals surface area contributed by atoms with Gasteiger partial charge in [-0.1, -0.05) is 23.9 Å². The minimum atomic E-state index is 0.0824. The highest BCUT2D eigenvalue weighted by molar-refractivity contribution is 8.01. The van der Waals surface area contributed by atoms with E-state index in [4.69, 9.17) is 5.11 Å². The molecule has 0 aliphatic heterocycles. The summed E-state index contributed by atoms with van der Waals surface area (Å²) in [5.41, 5.74) is 1.02. The molecule has 6 heteroatoms. The maximum Gasteiger partial charge on any atom is 0.221 e. The van der Waals surface area contributed by atoms with Crippen molar-refractivity contribution in [2.45, 2.75) is 36.1 Å². The summed E-state index contributed by atoms with van der Waals surface area (Å²) >= 11 is 3.31. The average Bonchev–Trinajstić information content (AvgIpc) is 3.27. The Morgan fingerprint density at radius 2 is 2.27 bits per heavy atom. The second-order valence-corrected chi connectivity index (χ2v) is 7.94. The number of hydrogen-bond donors (Lipinski definition) is 2. The predicted octanol–water partition coefficient (Wildman–Crippen LogP) is 3.06. The Hall–Kier alpha value is -1.11. The Balaban J connectivity index is 1.44. The summed E-state index contributed by atoms with van der Waals surface area (Å²) in [4.78, 5) is 16.6. The van der Waals surface area contributed by atoms with Crippen molar-refractivity contribution in [2.75, 3.05) is 12.4 Å². The fraction of sp³-hybridized carbons (Fsp3) is 0.500. The molecule has 1 fully saturated rings. The van der Waals surface area contributed by atoms with E-state index in [1.54, 1.807) is 23.1 Å². The lowest BCUT2D eigenvalue weighted by molar-refractivity contribution is -0.121. The maximum atomic E-state index is 12.0. The first-order chi connectivity index (χ1) is 10.8. The standard InChI is InChI=1S/C16H20N2O2S2/c19-9-7-12(11-5-6-11)17-15(20)8-10-21-16-18-13-3-1-2-4-14(13)22-16/h1-4,11-12,19H,5-10H2,(H,17,20). The summed E-state index contributed by atoms with van der Waals surface area (Å²) in [7, 11) is 0. The molecule has 2 N–H and O–H groups in total. The Labute approximate surface area is 138 Å². The number of aromatic nitrogens is 1. The highest BCUT2D eigenvalue weighted by atomic mass is 32.2. The third-order valence-electron chi connectivity index (χ3n) is 3.81. The third-order valence-corrected chi connectivity index (χ3v) is 5.99. The molecule has 1 aliphatic rings. The van der Waals surface area contributed by atoms with Gasteiger partial charge in [0.05, 0.1) is 10.2 Å². The molecule has 0 bridgehead atoms. The van der Waals surface area contributed by atoms with Crippen LogP contribution >= 0.6 is 23.1 Å². The SMILES string of the molecule is O=C(CCSc1nc2ccccc2s1)NC(CCO)C1CC1. The number of nitrogens with one attached hydrogen (secondary N) is 1. The van der Waals surface area contributed by atoms with Crippen LogP contribution in [0.4, 0.5) is 0 Å². The predicted molar refractivity (Wildman–Crippen MR) is 91.3 cm³/mol. The van der Waals surface area contributed by atoms with Crippen LogP contribution in [0.2, 0.25) is 0 Å². The summed E-state index contributed by atoms with van der Waals surface area (Å²) in [6, 6.07) is 8.24. The number of fused-ring (bicyclic) bond motifs is 1. The number of aliphatic hydroxyl groups is 1. The monoisotopic (exact) mass is 336 g/mol. The fourth-order valence-corrected chi connectivity index (χ4v) is 4.56. The molecule has 22 heavy (non-hydrogen) atoms. The quantitative estimate of drug-likeness (QED) is 0.727. The van der Waals surface area contributed by atoms with E-state index in [2.05, 4.69) is 16.4 Å². The van der Waals surface area contributed by atoms with Crippen LogP contribution in [0.5, 0.6) is 0 Å². The van der Waals surface area contributed by atoms with E-state index < -0.39 is 0 Å². The van der Waals surface area contributed by atoms with Crippen LogP contribution in [-0.2, 0) is 4.79 Å². The van der Waals surface area contributed by atoms with Gasteiger partial charge >= 0.3 is 0 Å². The van der Waals surface area contributed by atoms with Crippen molar-refractivity contribution in [1.82, 2.24) is 10.3 Å². The van der Waals surface area contributed by atoms with Crippen molar-refractivity contribution in [3.63, 3.8) is 0 Å². The van der Waals surface area contributed by atoms with E-state index >= 15 is 0 Å². The number of rotatable bonds is 8. The van der Waals surface area contributed by atoms with Gasteiger partial charge in [0, 0.05) is 24.8 Å². The van der Waals surface area contributed by atoms with Gasteiger partial charge in [0.15, 0.2) is 4.34 Å². The molecule has 2 aromatic rings. The van der Waals surface area contributed by atoms with E-state index in [1.807, 2.05) is 18.2 Å². The van der Waals surface area contributed by atoms with Crippen LogP contribution in [0.1, 0.15) is 25.7 Å². The molecule has 3 rings (SSSR count). The zero-order valence-corrected chi connectivity index (χ0v) is 14.0. The first-order valence-corrected chi connectivity index (χ1v) is 9.45. The van der Waals surface area contributed by atoms with E-state index in [1.165, 1.54) is 17.5 Å². The second kappa shape index (κ2) is 7.44. The largest absolute Gasteiger partial charge is 0.396 e. The number of carbonyl (C=O) groups excluding carboxylic acids is 1. The fourth-order valence-electron chi connectivity index (χ4n) is 2.49. The van der Waals surface area contributed by atoms with Gasteiger partial charge in [-0.05, 0) is 37.3 Å². The summed E-state index contributed by atoms with van der Waals surface area (Å²) in [6.07, 6.45) is 3.51. The molecule has 4 nitrogen and oxygen atoms in total. The molecule has 1 aliphatic carbocycles. The summed E-state index contributed by atoms with van der Waals surface area (Å²) in [5, 5.41) is 12.1. The van der Waals surface area contributed by atoms with Crippen molar-refractivity contribution < 1.29 is 9.90 Å². The van der Waals surface area contributed by atoms with Gasteiger partial charge < -0.3 is 10.4 Å².